The van der Waals surface area contributed by atoms with Crippen molar-refractivity contribution in [2.45, 2.75) is 31.7 Å². The van der Waals surface area contributed by atoms with Gasteiger partial charge in [-0.05, 0) is 13.8 Å². The molecule has 0 amide bonds. The lowest BCUT2D eigenvalue weighted by atomic mass is 10.0. The smallest absolute Gasteiger partial charge is 0.359 e. The number of nitrogens with one attached hydrogen (secondary N) is 1. The Morgan fingerprint density at radius 2 is 2.10 bits per heavy atom. The summed E-state index contributed by atoms with van der Waals surface area (Å²) < 4.78 is 44.2. The van der Waals surface area contributed by atoms with Gasteiger partial charge >= 0.3 is 6.18 Å². The van der Waals surface area contributed by atoms with Crippen molar-refractivity contribution in [2.24, 2.45) is 0 Å². The number of imidazole rings is 1. The summed E-state index contributed by atoms with van der Waals surface area (Å²) in [5.74, 6) is 0.406. The van der Waals surface area contributed by atoms with Gasteiger partial charge in [-0.2, -0.15) is 13.2 Å². The quantitative estimate of drug-likeness (QED) is 0.871. The molecule has 0 saturated carbocycles. The lowest BCUT2D eigenvalue weighted by Gasteiger charge is -2.43. The highest BCUT2D eigenvalue weighted by molar-refractivity contribution is 5.82. The van der Waals surface area contributed by atoms with Crippen molar-refractivity contribution in [2.75, 3.05) is 18.0 Å². The molecule has 1 saturated heterocycles. The second-order valence-corrected chi connectivity index (χ2v) is 5.59. The molecular weight excluding hydrogens is 287 g/mol. The standard InChI is InChI=1S/C12H14F3N5O/c1-11(2)4-20(3-7(21-11)12(13,14)15)10-8-9(17-5-16-8)18-6-19-10/h5-7H,3-4H2,1-2H3,(H,16,17,18,19). The lowest BCUT2D eigenvalue weighted by Crippen LogP contribution is -2.57. The van der Waals surface area contributed by atoms with Crippen molar-refractivity contribution in [3.63, 3.8) is 0 Å². The number of H-pyrrole nitrogens is 1. The van der Waals surface area contributed by atoms with Gasteiger partial charge in [-0.15, -0.1) is 0 Å². The second-order valence-electron chi connectivity index (χ2n) is 5.59. The molecule has 21 heavy (non-hydrogen) atoms. The molecule has 3 heterocycles. The predicted molar refractivity (Wildman–Crippen MR) is 68.9 cm³/mol. The maximum atomic E-state index is 13.0. The van der Waals surface area contributed by atoms with E-state index in [2.05, 4.69) is 19.9 Å². The molecule has 0 aromatic carbocycles. The van der Waals surface area contributed by atoms with Gasteiger partial charge in [0.1, 0.15) is 11.8 Å². The summed E-state index contributed by atoms with van der Waals surface area (Å²) in [6, 6.07) is 0. The van der Waals surface area contributed by atoms with Crippen LogP contribution in [0.15, 0.2) is 12.7 Å². The molecule has 114 valence electrons. The van der Waals surface area contributed by atoms with Gasteiger partial charge < -0.3 is 14.6 Å². The number of aromatic nitrogens is 4. The molecule has 9 heteroatoms. The maximum Gasteiger partial charge on any atom is 0.416 e. The Hall–Kier alpha value is -1.90. The third kappa shape index (κ3) is 2.65. The molecule has 3 rings (SSSR count). The van der Waals surface area contributed by atoms with E-state index < -0.39 is 17.9 Å². The van der Waals surface area contributed by atoms with Crippen molar-refractivity contribution in [1.82, 2.24) is 19.9 Å². The van der Waals surface area contributed by atoms with Crippen LogP contribution < -0.4 is 4.90 Å². The van der Waals surface area contributed by atoms with Gasteiger partial charge in [-0.3, -0.25) is 0 Å². The summed E-state index contributed by atoms with van der Waals surface area (Å²) >= 11 is 0. The summed E-state index contributed by atoms with van der Waals surface area (Å²) in [4.78, 5) is 16.5. The van der Waals surface area contributed by atoms with Crippen molar-refractivity contribution in [1.29, 1.82) is 0 Å². The Balaban J connectivity index is 1.99. The number of alkyl halides is 3. The normalized spacial score (nSPS) is 22.7. The van der Waals surface area contributed by atoms with E-state index in [1.54, 1.807) is 18.7 Å². The van der Waals surface area contributed by atoms with Crippen LogP contribution >= 0.6 is 0 Å². The number of fused-ring (bicyclic) bond motifs is 1. The minimum atomic E-state index is -4.42. The van der Waals surface area contributed by atoms with Crippen molar-refractivity contribution in [3.8, 4) is 0 Å². The van der Waals surface area contributed by atoms with Gasteiger partial charge in [-0.25, -0.2) is 15.0 Å². The van der Waals surface area contributed by atoms with Crippen LogP contribution in [0.2, 0.25) is 0 Å². The highest BCUT2D eigenvalue weighted by Gasteiger charge is 2.48. The SMILES string of the molecule is CC1(C)CN(c2ncnc3nc[nH]c23)CC(C(F)(F)F)O1. The topological polar surface area (TPSA) is 66.9 Å². The summed E-state index contributed by atoms with van der Waals surface area (Å²) in [5.41, 5.74) is 0.0133. The van der Waals surface area contributed by atoms with E-state index in [0.717, 1.165) is 0 Å². The van der Waals surface area contributed by atoms with Crippen LogP contribution in [-0.4, -0.2) is 50.9 Å². The fourth-order valence-corrected chi connectivity index (χ4v) is 2.51. The van der Waals surface area contributed by atoms with Gasteiger partial charge in [0.25, 0.3) is 0 Å². The molecule has 1 aliphatic heterocycles. The molecule has 6 nitrogen and oxygen atoms in total. The van der Waals surface area contributed by atoms with Crippen LogP contribution in [0.5, 0.6) is 0 Å². The summed E-state index contributed by atoms with van der Waals surface area (Å²) in [7, 11) is 0. The van der Waals surface area contributed by atoms with E-state index in [4.69, 9.17) is 4.74 Å². The van der Waals surface area contributed by atoms with E-state index in [1.807, 2.05) is 0 Å². The highest BCUT2D eigenvalue weighted by atomic mass is 19.4. The molecule has 0 radical (unpaired) electrons. The minimum Gasteiger partial charge on any atom is -0.359 e. The fourth-order valence-electron chi connectivity index (χ4n) is 2.51. The Labute approximate surface area is 118 Å². The molecule has 1 unspecified atom stereocenters. The third-order valence-electron chi connectivity index (χ3n) is 3.29. The van der Waals surface area contributed by atoms with Crippen molar-refractivity contribution < 1.29 is 17.9 Å². The highest BCUT2D eigenvalue weighted by Crippen LogP contribution is 2.34. The Morgan fingerprint density at radius 1 is 1.33 bits per heavy atom. The molecule has 1 aliphatic rings. The minimum absolute atomic E-state index is 0.296. The van der Waals surface area contributed by atoms with Crippen molar-refractivity contribution >= 4 is 17.0 Å². The number of aromatic amines is 1. The molecule has 0 bridgehead atoms. The molecule has 1 fully saturated rings. The Bertz CT molecular complexity index is 654. The average Bonchev–Trinajstić information content (AvgIpc) is 2.83. The predicted octanol–water partition coefficient (Wildman–Crippen LogP) is 1.90. The molecule has 1 atom stereocenters. The first-order valence-corrected chi connectivity index (χ1v) is 6.40. The van der Waals surface area contributed by atoms with E-state index in [0.29, 0.717) is 23.5 Å². The number of nitrogens with zero attached hydrogens (tertiary/aromatic N) is 4. The van der Waals surface area contributed by atoms with Gasteiger partial charge in [-0.1, -0.05) is 0 Å². The van der Waals surface area contributed by atoms with Crippen LogP contribution in [0, 0.1) is 0 Å². The third-order valence-corrected chi connectivity index (χ3v) is 3.29. The number of anilines is 1. The monoisotopic (exact) mass is 301 g/mol. The van der Waals surface area contributed by atoms with E-state index in [1.165, 1.54) is 12.7 Å². The first-order valence-electron chi connectivity index (χ1n) is 6.40. The molecule has 2 aromatic rings. The molecule has 1 N–H and O–H groups in total. The number of halogens is 3. The number of ether oxygens (including phenoxy) is 1. The van der Waals surface area contributed by atoms with Gasteiger partial charge in [0.2, 0.25) is 0 Å². The van der Waals surface area contributed by atoms with Gasteiger partial charge in [0, 0.05) is 6.54 Å². The first kappa shape index (κ1) is 14.1. The van der Waals surface area contributed by atoms with Crippen LogP contribution in [0.3, 0.4) is 0 Å². The van der Waals surface area contributed by atoms with E-state index in [9.17, 15) is 13.2 Å². The van der Waals surface area contributed by atoms with E-state index in [-0.39, 0.29) is 6.54 Å². The summed E-state index contributed by atoms with van der Waals surface area (Å²) in [5, 5.41) is 0. The first-order chi connectivity index (χ1) is 9.76. The van der Waals surface area contributed by atoms with Crippen LogP contribution in [0.1, 0.15) is 13.8 Å². The zero-order chi connectivity index (χ0) is 15.3. The number of hydrogen-bond acceptors (Lipinski definition) is 5. The summed E-state index contributed by atoms with van der Waals surface area (Å²) in [6.45, 7) is 3.25. The largest absolute Gasteiger partial charge is 0.416 e. The summed E-state index contributed by atoms with van der Waals surface area (Å²) in [6.07, 6.45) is -3.54. The maximum absolute atomic E-state index is 13.0. The van der Waals surface area contributed by atoms with Crippen LogP contribution in [0.25, 0.3) is 11.2 Å². The Morgan fingerprint density at radius 3 is 2.81 bits per heavy atom. The molecule has 0 spiro atoms. The fraction of sp³-hybridized carbons (Fsp3) is 0.583. The molecule has 0 aliphatic carbocycles. The second kappa shape index (κ2) is 4.55. The van der Waals surface area contributed by atoms with Gasteiger partial charge in [0.05, 0.1) is 18.5 Å². The molecule has 2 aromatic heterocycles. The average molecular weight is 301 g/mol. The molecular formula is C12H14F3N5O. The number of hydrogen-bond donors (Lipinski definition) is 1. The zero-order valence-corrected chi connectivity index (χ0v) is 11.5. The Kier molecular flexibility index (Phi) is 3.05. The van der Waals surface area contributed by atoms with Crippen molar-refractivity contribution in [3.05, 3.63) is 12.7 Å². The van der Waals surface area contributed by atoms with Gasteiger partial charge in [0.15, 0.2) is 17.6 Å². The van der Waals surface area contributed by atoms with Crippen LogP contribution in [0.4, 0.5) is 19.0 Å². The van der Waals surface area contributed by atoms with Crippen LogP contribution in [-0.2, 0) is 4.74 Å². The number of rotatable bonds is 1. The number of morpholine rings is 1. The zero-order valence-electron chi connectivity index (χ0n) is 11.5. The lowest BCUT2D eigenvalue weighted by molar-refractivity contribution is -0.251. The van der Waals surface area contributed by atoms with E-state index >= 15 is 0 Å².